The lowest BCUT2D eigenvalue weighted by atomic mass is 10.0. The van der Waals surface area contributed by atoms with E-state index in [1.54, 1.807) is 22.7 Å². The summed E-state index contributed by atoms with van der Waals surface area (Å²) in [7, 11) is 0. The Labute approximate surface area is 173 Å². The molecule has 0 fully saturated rings. The normalized spacial score (nSPS) is 13.5. The minimum absolute atomic E-state index is 0.0661. The zero-order chi connectivity index (χ0) is 19.3. The third-order valence-electron chi connectivity index (χ3n) is 4.64. The van der Waals surface area contributed by atoms with Gasteiger partial charge in [-0.05, 0) is 47.4 Å². The molecule has 28 heavy (non-hydrogen) atoms. The molecule has 0 bridgehead atoms. The predicted molar refractivity (Wildman–Crippen MR) is 116 cm³/mol. The molecule has 0 spiro atoms. The summed E-state index contributed by atoms with van der Waals surface area (Å²) in [4.78, 5) is 2.26. The average molecular weight is 410 g/mol. The van der Waals surface area contributed by atoms with Gasteiger partial charge in [-0.15, -0.1) is 32.9 Å². The second-order valence-electron chi connectivity index (χ2n) is 6.75. The van der Waals surface area contributed by atoms with Gasteiger partial charge >= 0.3 is 0 Å². The van der Waals surface area contributed by atoms with Crippen LogP contribution in [0.3, 0.4) is 0 Å². The third kappa shape index (κ3) is 4.24. The summed E-state index contributed by atoms with van der Waals surface area (Å²) < 4.78 is 5.92. The number of hydrogen-bond donors (Lipinski definition) is 1. The summed E-state index contributed by atoms with van der Waals surface area (Å²) in [5.74, 6) is 1.18. The van der Waals surface area contributed by atoms with Gasteiger partial charge in [0.05, 0.1) is 17.0 Å². The van der Waals surface area contributed by atoms with Crippen molar-refractivity contribution < 1.29 is 4.42 Å². The number of hydrogen-bond acceptors (Lipinski definition) is 6. The second-order valence-corrected chi connectivity index (χ2v) is 8.68. The van der Waals surface area contributed by atoms with Gasteiger partial charge in [-0.1, -0.05) is 49.7 Å². The molecule has 0 saturated heterocycles. The zero-order valence-corrected chi connectivity index (χ0v) is 17.6. The van der Waals surface area contributed by atoms with E-state index in [9.17, 15) is 0 Å². The van der Waals surface area contributed by atoms with E-state index in [2.05, 4.69) is 71.1 Å². The van der Waals surface area contributed by atoms with Crippen molar-refractivity contribution in [2.24, 2.45) is 0 Å². The third-order valence-corrected chi connectivity index (χ3v) is 6.43. The quantitative estimate of drug-likeness (QED) is 0.373. The van der Waals surface area contributed by atoms with Crippen molar-refractivity contribution >= 4 is 22.7 Å². The van der Waals surface area contributed by atoms with Gasteiger partial charge in [0.25, 0.3) is 5.89 Å². The molecule has 1 aromatic carbocycles. The van der Waals surface area contributed by atoms with Crippen molar-refractivity contribution in [3.05, 3.63) is 81.2 Å². The van der Waals surface area contributed by atoms with Crippen LogP contribution in [0.4, 0.5) is 0 Å². The van der Waals surface area contributed by atoms with Crippen molar-refractivity contribution in [2.75, 3.05) is 0 Å². The molecule has 0 unspecified atom stereocenters. The number of nitrogens with zero attached hydrogens (tertiary/aromatic N) is 2. The number of aryl methyl sites for hydroxylation is 1. The molecule has 4 nitrogen and oxygen atoms in total. The molecule has 4 aromatic rings. The van der Waals surface area contributed by atoms with E-state index in [0.29, 0.717) is 11.8 Å². The SMILES string of the molecule is CCCc1ccc([C@@H](N[C@@H](C)c2nnc(-c3cccs3)o2)c2cccs2)cc1. The molecule has 0 radical (unpaired) electrons. The Morgan fingerprint density at radius 1 is 1.00 bits per heavy atom. The van der Waals surface area contributed by atoms with Gasteiger partial charge in [0.2, 0.25) is 5.89 Å². The van der Waals surface area contributed by atoms with Gasteiger partial charge in [-0.3, -0.25) is 5.32 Å². The maximum absolute atomic E-state index is 5.92. The molecule has 6 heteroatoms. The minimum Gasteiger partial charge on any atom is -0.418 e. The molecule has 0 aliphatic carbocycles. The van der Waals surface area contributed by atoms with Gasteiger partial charge in [-0.2, -0.15) is 0 Å². The molecule has 3 heterocycles. The first kappa shape index (κ1) is 19.1. The molecule has 2 atom stereocenters. The zero-order valence-electron chi connectivity index (χ0n) is 16.0. The van der Waals surface area contributed by atoms with Gasteiger partial charge < -0.3 is 4.42 Å². The lowest BCUT2D eigenvalue weighted by Gasteiger charge is -2.21. The van der Waals surface area contributed by atoms with E-state index in [1.165, 1.54) is 16.0 Å². The number of thiophene rings is 2. The van der Waals surface area contributed by atoms with Crippen LogP contribution in [0.5, 0.6) is 0 Å². The molecular weight excluding hydrogens is 386 g/mol. The molecule has 1 N–H and O–H groups in total. The van der Waals surface area contributed by atoms with Crippen molar-refractivity contribution in [1.29, 1.82) is 0 Å². The van der Waals surface area contributed by atoms with Crippen molar-refractivity contribution in [2.45, 2.75) is 38.8 Å². The summed E-state index contributed by atoms with van der Waals surface area (Å²) in [5.41, 5.74) is 2.62. The monoisotopic (exact) mass is 409 g/mol. The number of rotatable bonds is 8. The average Bonchev–Trinajstić information content (AvgIpc) is 3.49. The summed E-state index contributed by atoms with van der Waals surface area (Å²) >= 11 is 3.35. The van der Waals surface area contributed by atoms with Crippen LogP contribution in [0.2, 0.25) is 0 Å². The standard InChI is InChI=1S/C22H23N3OS2/c1-3-6-16-9-11-17(12-10-16)20(18-7-4-13-27-18)23-15(2)21-24-25-22(26-21)19-8-5-14-28-19/h4-5,7-15,20,23H,3,6H2,1-2H3/t15-,20+/m0/s1. The Kier molecular flexibility index (Phi) is 6.00. The minimum atomic E-state index is -0.0661. The fraction of sp³-hybridized carbons (Fsp3) is 0.273. The van der Waals surface area contributed by atoms with Crippen LogP contribution in [0.1, 0.15) is 54.2 Å². The van der Waals surface area contributed by atoms with Crippen LogP contribution >= 0.6 is 22.7 Å². The topological polar surface area (TPSA) is 51.0 Å². The molecular formula is C22H23N3OS2. The van der Waals surface area contributed by atoms with E-state index < -0.39 is 0 Å². The van der Waals surface area contributed by atoms with E-state index in [-0.39, 0.29) is 12.1 Å². The van der Waals surface area contributed by atoms with Crippen LogP contribution in [0.15, 0.2) is 63.7 Å². The first-order chi connectivity index (χ1) is 13.7. The maximum atomic E-state index is 5.92. The van der Waals surface area contributed by atoms with E-state index in [4.69, 9.17) is 4.42 Å². The molecule has 0 amide bonds. The Bertz CT molecular complexity index is 975. The van der Waals surface area contributed by atoms with Gasteiger partial charge in [-0.25, -0.2) is 0 Å². The van der Waals surface area contributed by atoms with Crippen LogP contribution in [0, 0.1) is 0 Å². The Hall–Kier alpha value is -2.28. The molecule has 3 aromatic heterocycles. The Morgan fingerprint density at radius 2 is 1.79 bits per heavy atom. The number of benzene rings is 1. The van der Waals surface area contributed by atoms with Crippen LogP contribution in [0.25, 0.3) is 10.8 Å². The molecule has 144 valence electrons. The highest BCUT2D eigenvalue weighted by atomic mass is 32.1. The lowest BCUT2D eigenvalue weighted by Crippen LogP contribution is -2.25. The maximum Gasteiger partial charge on any atom is 0.257 e. The highest BCUT2D eigenvalue weighted by molar-refractivity contribution is 7.13. The van der Waals surface area contributed by atoms with Crippen LogP contribution in [-0.4, -0.2) is 10.2 Å². The highest BCUT2D eigenvalue weighted by Crippen LogP contribution is 2.30. The molecule has 0 aliphatic heterocycles. The second kappa shape index (κ2) is 8.82. The smallest absolute Gasteiger partial charge is 0.257 e. The van der Waals surface area contributed by atoms with Gasteiger partial charge in [0, 0.05) is 4.88 Å². The largest absolute Gasteiger partial charge is 0.418 e. The van der Waals surface area contributed by atoms with E-state index in [0.717, 1.165) is 17.7 Å². The number of nitrogens with one attached hydrogen (secondary N) is 1. The van der Waals surface area contributed by atoms with Crippen molar-refractivity contribution in [1.82, 2.24) is 15.5 Å². The fourth-order valence-corrected chi connectivity index (χ4v) is 4.65. The molecule has 0 aliphatic rings. The van der Waals surface area contributed by atoms with Crippen molar-refractivity contribution in [3.63, 3.8) is 0 Å². The number of aromatic nitrogens is 2. The van der Waals surface area contributed by atoms with Gasteiger partial charge in [0.1, 0.15) is 0 Å². The van der Waals surface area contributed by atoms with E-state index in [1.807, 2.05) is 17.5 Å². The predicted octanol–water partition coefficient (Wildman–Crippen LogP) is 6.25. The molecule has 4 rings (SSSR count). The summed E-state index contributed by atoms with van der Waals surface area (Å²) in [6, 6.07) is 17.2. The lowest BCUT2D eigenvalue weighted by molar-refractivity contribution is 0.405. The van der Waals surface area contributed by atoms with Crippen molar-refractivity contribution in [3.8, 4) is 10.8 Å². The van der Waals surface area contributed by atoms with Crippen LogP contribution < -0.4 is 5.32 Å². The highest BCUT2D eigenvalue weighted by Gasteiger charge is 2.22. The first-order valence-electron chi connectivity index (χ1n) is 9.50. The fourth-order valence-electron chi connectivity index (χ4n) is 3.19. The summed E-state index contributed by atoms with van der Waals surface area (Å²) in [6.45, 7) is 4.28. The molecule has 0 saturated carbocycles. The van der Waals surface area contributed by atoms with Crippen LogP contribution in [-0.2, 0) is 6.42 Å². The van der Waals surface area contributed by atoms with Gasteiger partial charge in [0.15, 0.2) is 0 Å². The summed E-state index contributed by atoms with van der Waals surface area (Å²) in [6.07, 6.45) is 2.27. The van der Waals surface area contributed by atoms with E-state index >= 15 is 0 Å². The first-order valence-corrected chi connectivity index (χ1v) is 11.3. The Morgan fingerprint density at radius 3 is 2.46 bits per heavy atom. The summed E-state index contributed by atoms with van der Waals surface area (Å²) in [5, 5.41) is 16.3. The Balaban J connectivity index is 1.56.